The second-order valence-electron chi connectivity index (χ2n) is 8.04. The van der Waals surface area contributed by atoms with E-state index in [1.807, 2.05) is 11.9 Å². The molecule has 1 amide bonds. The van der Waals surface area contributed by atoms with Gasteiger partial charge in [-0.25, -0.2) is 0 Å². The number of halogens is 1. The predicted molar refractivity (Wildman–Crippen MR) is 130 cm³/mol. The largest absolute Gasteiger partial charge is 0.343 e. The Bertz CT molecular complexity index is 993. The smallest absolute Gasteiger partial charge is 0.230 e. The maximum atomic E-state index is 13.0. The Morgan fingerprint density at radius 3 is 2.61 bits per heavy atom. The molecule has 0 bridgehead atoms. The van der Waals surface area contributed by atoms with Crippen LogP contribution in [-0.2, 0) is 22.7 Å². The number of fused-ring (bicyclic) bond motifs is 2. The minimum atomic E-state index is -0.0733. The molecule has 1 aliphatic carbocycles. The average molecular weight is 489 g/mol. The molecular formula is C24H33BrN4O2. The molecule has 6 nitrogen and oxygen atoms in total. The summed E-state index contributed by atoms with van der Waals surface area (Å²) in [6.45, 7) is 8.63. The Labute approximate surface area is 193 Å². The van der Waals surface area contributed by atoms with Gasteiger partial charge < -0.3 is 19.6 Å². The van der Waals surface area contributed by atoms with E-state index in [2.05, 4.69) is 75.9 Å². The summed E-state index contributed by atoms with van der Waals surface area (Å²) in [5, 5.41) is 4.60. The summed E-state index contributed by atoms with van der Waals surface area (Å²) in [7, 11) is 4.13. The minimum absolute atomic E-state index is 0.0733. The Morgan fingerprint density at radius 2 is 2.00 bits per heavy atom. The van der Waals surface area contributed by atoms with Crippen molar-refractivity contribution in [2.24, 2.45) is 5.92 Å². The molecule has 7 heteroatoms. The molecule has 1 aromatic carbocycles. The zero-order valence-electron chi connectivity index (χ0n) is 19.1. The third-order valence-electron chi connectivity index (χ3n) is 6.29. The van der Waals surface area contributed by atoms with Crippen LogP contribution in [0.5, 0.6) is 0 Å². The number of likely N-dealkylation sites (N-methyl/N-ethyl adjacent to an activating group) is 1. The molecule has 31 heavy (non-hydrogen) atoms. The van der Waals surface area contributed by atoms with Crippen molar-refractivity contribution in [2.45, 2.75) is 39.9 Å². The molecule has 0 spiro atoms. The van der Waals surface area contributed by atoms with Crippen LogP contribution in [0.2, 0.25) is 0 Å². The number of nitrogens with one attached hydrogen (secondary N) is 1. The highest BCUT2D eigenvalue weighted by atomic mass is 79.9. The normalized spacial score (nSPS) is 19.9. The molecule has 168 valence electrons. The van der Waals surface area contributed by atoms with Crippen LogP contribution >= 0.6 is 15.9 Å². The first-order chi connectivity index (χ1) is 14.9. The van der Waals surface area contributed by atoms with Crippen LogP contribution in [-0.4, -0.2) is 66.3 Å². The van der Waals surface area contributed by atoms with Crippen molar-refractivity contribution >= 4 is 44.6 Å². The van der Waals surface area contributed by atoms with Gasteiger partial charge in [0.2, 0.25) is 5.91 Å². The van der Waals surface area contributed by atoms with Gasteiger partial charge in [0.1, 0.15) is 6.29 Å². The van der Waals surface area contributed by atoms with Crippen molar-refractivity contribution < 1.29 is 9.59 Å². The molecule has 4 rings (SSSR count). The number of rotatable bonds is 5. The topological polar surface area (TPSA) is 57.6 Å². The summed E-state index contributed by atoms with van der Waals surface area (Å²) < 4.78 is 3.46. The molecule has 1 aliphatic heterocycles. The number of hydrogen-bond donors (Lipinski definition) is 1. The SMILES string of the molecule is CC=O.CCN(CC)C(=O)C1C=C2c3cccc4c3c(c(Br)n4CNC)CC2N(C)C1. The predicted octanol–water partition coefficient (Wildman–Crippen LogP) is 3.52. The quantitative estimate of drug-likeness (QED) is 0.654. The van der Waals surface area contributed by atoms with E-state index in [-0.39, 0.29) is 11.8 Å². The lowest BCUT2D eigenvalue weighted by Gasteiger charge is -2.40. The Hall–Kier alpha value is -1.96. The lowest BCUT2D eigenvalue weighted by atomic mass is 9.79. The van der Waals surface area contributed by atoms with E-state index in [1.165, 1.54) is 34.5 Å². The summed E-state index contributed by atoms with van der Waals surface area (Å²) in [5.74, 6) is 0.172. The van der Waals surface area contributed by atoms with E-state index in [0.717, 1.165) is 43.6 Å². The number of aromatic nitrogens is 1. The van der Waals surface area contributed by atoms with Crippen molar-refractivity contribution in [2.75, 3.05) is 33.7 Å². The van der Waals surface area contributed by atoms with E-state index >= 15 is 0 Å². The first kappa shape index (κ1) is 23.7. The lowest BCUT2D eigenvalue weighted by Crippen LogP contribution is -2.47. The van der Waals surface area contributed by atoms with Crippen LogP contribution in [0.1, 0.15) is 31.9 Å². The summed E-state index contributed by atoms with van der Waals surface area (Å²) in [6.07, 6.45) is 3.98. The molecule has 0 radical (unpaired) electrons. The van der Waals surface area contributed by atoms with Gasteiger partial charge in [-0.15, -0.1) is 0 Å². The standard InChI is InChI=1S/C22H29BrN4O.C2H4O/c1-5-26(6-2)22(28)14-10-16-15-8-7-9-18-20(15)17(11-19(16)25(4)12-14)21(23)27(18)13-24-3;1-2-3/h7-10,14,19,24H,5-6,11-13H2,1-4H3;2H,1H3. The average Bonchev–Trinajstić information content (AvgIpc) is 3.03. The van der Waals surface area contributed by atoms with Crippen molar-refractivity contribution in [1.82, 2.24) is 19.7 Å². The van der Waals surface area contributed by atoms with Crippen molar-refractivity contribution in [3.8, 4) is 0 Å². The minimum Gasteiger partial charge on any atom is -0.343 e. The first-order valence-corrected chi connectivity index (χ1v) is 11.8. The number of benzene rings is 1. The second kappa shape index (κ2) is 10.1. The Morgan fingerprint density at radius 1 is 1.32 bits per heavy atom. The highest BCUT2D eigenvalue weighted by Crippen LogP contribution is 2.44. The van der Waals surface area contributed by atoms with Crippen LogP contribution < -0.4 is 5.32 Å². The molecule has 2 atom stereocenters. The summed E-state index contributed by atoms with van der Waals surface area (Å²) >= 11 is 3.86. The van der Waals surface area contributed by atoms with Crippen molar-refractivity contribution in [3.63, 3.8) is 0 Å². The van der Waals surface area contributed by atoms with Gasteiger partial charge in [0.05, 0.1) is 22.7 Å². The van der Waals surface area contributed by atoms with E-state index in [1.54, 1.807) is 0 Å². The highest BCUT2D eigenvalue weighted by Gasteiger charge is 2.37. The monoisotopic (exact) mass is 488 g/mol. The van der Waals surface area contributed by atoms with Gasteiger partial charge in [0.25, 0.3) is 0 Å². The van der Waals surface area contributed by atoms with Crippen molar-refractivity contribution in [1.29, 1.82) is 0 Å². The lowest BCUT2D eigenvalue weighted by molar-refractivity contribution is -0.134. The van der Waals surface area contributed by atoms with Crippen LogP contribution in [0.15, 0.2) is 28.9 Å². The van der Waals surface area contributed by atoms with Gasteiger partial charge >= 0.3 is 0 Å². The fraction of sp³-hybridized carbons (Fsp3) is 0.500. The number of nitrogens with zero attached hydrogens (tertiary/aromatic N) is 3. The number of carbonyl (C=O) groups excluding carboxylic acids is 2. The maximum absolute atomic E-state index is 13.0. The van der Waals surface area contributed by atoms with Gasteiger partial charge in [-0.2, -0.15) is 0 Å². The number of carbonyl (C=O) groups is 2. The molecule has 0 saturated carbocycles. The molecule has 2 unspecified atom stereocenters. The number of amides is 1. The van der Waals surface area contributed by atoms with Crippen LogP contribution in [0, 0.1) is 5.92 Å². The van der Waals surface area contributed by atoms with E-state index in [4.69, 9.17) is 4.79 Å². The molecule has 2 aromatic rings. The molecule has 1 aromatic heterocycles. The Kier molecular flexibility index (Phi) is 7.73. The summed E-state index contributed by atoms with van der Waals surface area (Å²) in [5.41, 5.74) is 5.21. The molecule has 2 aliphatic rings. The number of aldehydes is 1. The van der Waals surface area contributed by atoms with Gasteiger partial charge in [0, 0.05) is 31.1 Å². The maximum Gasteiger partial charge on any atom is 0.230 e. The zero-order chi connectivity index (χ0) is 22.7. The molecular weight excluding hydrogens is 456 g/mol. The fourth-order valence-electron chi connectivity index (χ4n) is 4.90. The van der Waals surface area contributed by atoms with E-state index in [9.17, 15) is 4.79 Å². The number of hydrogen-bond acceptors (Lipinski definition) is 4. The van der Waals surface area contributed by atoms with Gasteiger partial charge in [-0.1, -0.05) is 18.2 Å². The van der Waals surface area contributed by atoms with Crippen LogP contribution in [0.3, 0.4) is 0 Å². The summed E-state index contributed by atoms with van der Waals surface area (Å²) in [6, 6.07) is 6.87. The molecule has 2 heterocycles. The molecule has 0 fully saturated rings. The van der Waals surface area contributed by atoms with Gasteiger partial charge in [-0.05, 0) is 80.0 Å². The van der Waals surface area contributed by atoms with Crippen LogP contribution in [0.4, 0.5) is 0 Å². The van der Waals surface area contributed by atoms with Crippen molar-refractivity contribution in [3.05, 3.63) is 40.0 Å². The fourth-order valence-corrected chi connectivity index (χ4v) is 5.57. The third-order valence-corrected chi connectivity index (χ3v) is 7.20. The van der Waals surface area contributed by atoms with E-state index < -0.39 is 0 Å². The zero-order valence-corrected chi connectivity index (χ0v) is 20.7. The Balaban J connectivity index is 0.000000858. The highest BCUT2D eigenvalue weighted by molar-refractivity contribution is 9.10. The molecule has 0 saturated heterocycles. The van der Waals surface area contributed by atoms with Gasteiger partial charge in [-0.3, -0.25) is 9.69 Å². The second-order valence-corrected chi connectivity index (χ2v) is 8.79. The van der Waals surface area contributed by atoms with Gasteiger partial charge in [0.15, 0.2) is 0 Å². The van der Waals surface area contributed by atoms with E-state index in [0.29, 0.717) is 6.04 Å². The first-order valence-electron chi connectivity index (χ1n) is 11.0. The third kappa shape index (κ3) is 4.23. The molecule has 1 N–H and O–H groups in total. The van der Waals surface area contributed by atoms with Crippen LogP contribution in [0.25, 0.3) is 16.5 Å². The summed E-state index contributed by atoms with van der Waals surface area (Å²) in [4.78, 5) is 26.2.